The highest BCUT2D eigenvalue weighted by atomic mass is 16.4. The van der Waals surface area contributed by atoms with Gasteiger partial charge in [0.15, 0.2) is 5.76 Å². The number of carbonyl (C=O) groups is 1. The molecule has 0 aliphatic heterocycles. The van der Waals surface area contributed by atoms with Crippen LogP contribution in [0, 0.1) is 0 Å². The standard InChI is InChI=1S/C17H19N5O3/c1-22-11-13(7-21-22)14(23)8-19-17(24)20-10-16-18-9-15(25-16)12-5-3-2-4-6-12/h2-7,9,11,14,23H,8,10H2,1H3,(H2,19,20,24)/t14-/m1/s1. The number of aliphatic hydroxyl groups is 1. The molecule has 0 saturated carbocycles. The fraction of sp³-hybridized carbons (Fsp3) is 0.235. The molecule has 0 bridgehead atoms. The molecule has 25 heavy (non-hydrogen) atoms. The van der Waals surface area contributed by atoms with Crippen LogP contribution in [0.4, 0.5) is 4.79 Å². The van der Waals surface area contributed by atoms with E-state index < -0.39 is 12.1 Å². The van der Waals surface area contributed by atoms with Gasteiger partial charge in [0.25, 0.3) is 0 Å². The largest absolute Gasteiger partial charge is 0.439 e. The number of aliphatic hydroxyl groups excluding tert-OH is 1. The number of carbonyl (C=O) groups excluding carboxylic acids is 1. The lowest BCUT2D eigenvalue weighted by atomic mass is 10.2. The van der Waals surface area contributed by atoms with Crippen LogP contribution in [-0.2, 0) is 13.6 Å². The van der Waals surface area contributed by atoms with Crippen molar-refractivity contribution in [3.63, 3.8) is 0 Å². The number of hydrogen-bond acceptors (Lipinski definition) is 5. The molecule has 1 atom stereocenters. The summed E-state index contributed by atoms with van der Waals surface area (Å²) in [6.45, 7) is 0.236. The van der Waals surface area contributed by atoms with E-state index >= 15 is 0 Å². The molecule has 0 unspecified atom stereocenters. The van der Waals surface area contributed by atoms with Gasteiger partial charge in [0.1, 0.15) is 0 Å². The summed E-state index contributed by atoms with van der Waals surface area (Å²) in [7, 11) is 1.76. The molecule has 0 saturated heterocycles. The number of benzene rings is 1. The van der Waals surface area contributed by atoms with Crippen LogP contribution in [0.15, 0.2) is 53.3 Å². The van der Waals surface area contributed by atoms with Crippen molar-refractivity contribution in [2.75, 3.05) is 6.54 Å². The fourth-order valence-electron chi connectivity index (χ4n) is 2.27. The molecule has 2 amide bonds. The summed E-state index contributed by atoms with van der Waals surface area (Å²) in [5.74, 6) is 1.05. The Kier molecular flexibility index (Phi) is 5.10. The van der Waals surface area contributed by atoms with Crippen LogP contribution in [-0.4, -0.2) is 32.4 Å². The summed E-state index contributed by atoms with van der Waals surface area (Å²) >= 11 is 0. The highest BCUT2D eigenvalue weighted by molar-refractivity contribution is 5.73. The van der Waals surface area contributed by atoms with Crippen LogP contribution in [0.5, 0.6) is 0 Å². The Morgan fingerprint density at radius 3 is 2.80 bits per heavy atom. The van der Waals surface area contributed by atoms with Crippen molar-refractivity contribution in [3.8, 4) is 11.3 Å². The smallest absolute Gasteiger partial charge is 0.315 e. The highest BCUT2D eigenvalue weighted by Crippen LogP contribution is 2.19. The maximum atomic E-state index is 11.8. The van der Waals surface area contributed by atoms with Gasteiger partial charge in [0.05, 0.1) is 25.0 Å². The first-order valence-corrected chi connectivity index (χ1v) is 7.80. The van der Waals surface area contributed by atoms with E-state index in [0.717, 1.165) is 5.56 Å². The van der Waals surface area contributed by atoms with E-state index in [2.05, 4.69) is 20.7 Å². The van der Waals surface area contributed by atoms with Crippen molar-refractivity contribution in [2.45, 2.75) is 12.6 Å². The molecule has 0 radical (unpaired) electrons. The Labute approximate surface area is 144 Å². The van der Waals surface area contributed by atoms with Crippen LogP contribution in [0.2, 0.25) is 0 Å². The molecule has 3 N–H and O–H groups in total. The number of amides is 2. The molecule has 3 aromatic rings. The van der Waals surface area contributed by atoms with Crippen LogP contribution >= 0.6 is 0 Å². The van der Waals surface area contributed by atoms with Gasteiger partial charge in [-0.05, 0) is 0 Å². The summed E-state index contributed by atoms with van der Waals surface area (Å²) in [6.07, 6.45) is 4.06. The third-order valence-corrected chi connectivity index (χ3v) is 3.58. The molecule has 0 spiro atoms. The molecule has 2 heterocycles. The van der Waals surface area contributed by atoms with Crippen molar-refractivity contribution >= 4 is 6.03 Å². The summed E-state index contributed by atoms with van der Waals surface area (Å²) in [5.41, 5.74) is 1.56. The Bertz CT molecular complexity index is 828. The molecular weight excluding hydrogens is 322 g/mol. The number of nitrogens with one attached hydrogen (secondary N) is 2. The third kappa shape index (κ3) is 4.45. The lowest BCUT2D eigenvalue weighted by Crippen LogP contribution is -2.37. The zero-order chi connectivity index (χ0) is 17.6. The number of oxazole rings is 1. The monoisotopic (exact) mass is 341 g/mol. The molecule has 1 aromatic carbocycles. The predicted molar refractivity (Wildman–Crippen MR) is 90.3 cm³/mol. The van der Waals surface area contributed by atoms with Crippen LogP contribution in [0.25, 0.3) is 11.3 Å². The Morgan fingerprint density at radius 1 is 1.28 bits per heavy atom. The number of aryl methyl sites for hydroxylation is 1. The number of aromatic nitrogens is 3. The minimum absolute atomic E-state index is 0.0817. The fourth-order valence-corrected chi connectivity index (χ4v) is 2.27. The van der Waals surface area contributed by atoms with Gasteiger partial charge in [-0.2, -0.15) is 5.10 Å². The number of rotatable bonds is 6. The second kappa shape index (κ2) is 7.63. The number of hydrogen-bond donors (Lipinski definition) is 3. The van der Waals surface area contributed by atoms with Crippen molar-refractivity contribution in [3.05, 3.63) is 60.4 Å². The maximum Gasteiger partial charge on any atom is 0.315 e. The van der Waals surface area contributed by atoms with Gasteiger partial charge in [-0.3, -0.25) is 4.68 Å². The normalized spacial score (nSPS) is 11.9. The zero-order valence-electron chi connectivity index (χ0n) is 13.7. The van der Waals surface area contributed by atoms with Gasteiger partial charge >= 0.3 is 6.03 Å². The van der Waals surface area contributed by atoms with Gasteiger partial charge in [-0.25, -0.2) is 9.78 Å². The Balaban J connectivity index is 1.45. The molecule has 0 aliphatic carbocycles. The molecule has 0 fully saturated rings. The zero-order valence-corrected chi connectivity index (χ0v) is 13.7. The first kappa shape index (κ1) is 16.7. The minimum Gasteiger partial charge on any atom is -0.439 e. The first-order chi connectivity index (χ1) is 12.1. The Morgan fingerprint density at radius 2 is 2.08 bits per heavy atom. The van der Waals surface area contributed by atoms with Crippen LogP contribution in [0.1, 0.15) is 17.6 Å². The Hall–Kier alpha value is -3.13. The maximum absolute atomic E-state index is 11.8. The van der Waals surface area contributed by atoms with Crippen molar-refractivity contribution in [1.82, 2.24) is 25.4 Å². The second-order valence-electron chi connectivity index (χ2n) is 5.51. The molecule has 2 aromatic heterocycles. The average molecular weight is 341 g/mol. The third-order valence-electron chi connectivity index (χ3n) is 3.58. The van der Waals surface area contributed by atoms with E-state index in [4.69, 9.17) is 4.42 Å². The molecular formula is C17H19N5O3. The summed E-state index contributed by atoms with van der Waals surface area (Å²) in [4.78, 5) is 16.0. The van der Waals surface area contributed by atoms with E-state index in [1.54, 1.807) is 30.3 Å². The first-order valence-electron chi connectivity index (χ1n) is 7.80. The summed E-state index contributed by atoms with van der Waals surface area (Å²) in [5, 5.41) is 19.2. The van der Waals surface area contributed by atoms with Crippen molar-refractivity contribution in [1.29, 1.82) is 0 Å². The highest BCUT2D eigenvalue weighted by Gasteiger charge is 2.12. The second-order valence-corrected chi connectivity index (χ2v) is 5.51. The van der Waals surface area contributed by atoms with E-state index in [0.29, 0.717) is 17.2 Å². The van der Waals surface area contributed by atoms with Gasteiger partial charge in [-0.1, -0.05) is 30.3 Å². The van der Waals surface area contributed by atoms with Crippen LogP contribution < -0.4 is 10.6 Å². The summed E-state index contributed by atoms with van der Waals surface area (Å²) < 4.78 is 7.19. The predicted octanol–water partition coefficient (Wildman–Crippen LogP) is 1.61. The van der Waals surface area contributed by atoms with E-state index in [-0.39, 0.29) is 13.1 Å². The van der Waals surface area contributed by atoms with E-state index in [9.17, 15) is 9.90 Å². The van der Waals surface area contributed by atoms with E-state index in [1.165, 1.54) is 0 Å². The molecule has 0 aliphatic rings. The molecule has 8 heteroatoms. The van der Waals surface area contributed by atoms with Crippen LogP contribution in [0.3, 0.4) is 0 Å². The molecule has 130 valence electrons. The SMILES string of the molecule is Cn1cc([C@H](O)CNC(=O)NCc2ncc(-c3ccccc3)o2)cn1. The van der Waals surface area contributed by atoms with E-state index in [1.807, 2.05) is 30.3 Å². The van der Waals surface area contributed by atoms with Gasteiger partial charge in [0.2, 0.25) is 5.89 Å². The van der Waals surface area contributed by atoms with Gasteiger partial charge in [0, 0.05) is 30.9 Å². The minimum atomic E-state index is -0.814. The summed E-state index contributed by atoms with van der Waals surface area (Å²) in [6, 6.07) is 9.18. The average Bonchev–Trinajstić information content (AvgIpc) is 3.28. The lowest BCUT2D eigenvalue weighted by molar-refractivity contribution is 0.173. The molecule has 8 nitrogen and oxygen atoms in total. The number of urea groups is 1. The van der Waals surface area contributed by atoms with Gasteiger partial charge < -0.3 is 20.2 Å². The van der Waals surface area contributed by atoms with Crippen molar-refractivity contribution in [2.24, 2.45) is 7.05 Å². The topological polar surface area (TPSA) is 105 Å². The molecule has 3 rings (SSSR count). The lowest BCUT2D eigenvalue weighted by Gasteiger charge is -2.10. The quantitative estimate of drug-likeness (QED) is 0.632. The number of nitrogens with zero attached hydrogens (tertiary/aromatic N) is 3. The van der Waals surface area contributed by atoms with Crippen molar-refractivity contribution < 1.29 is 14.3 Å². The van der Waals surface area contributed by atoms with Gasteiger partial charge in [-0.15, -0.1) is 0 Å².